The largest absolute Gasteiger partial charge is 0.324 e. The molecule has 0 aliphatic rings. The molecular formula is C15H16F2N4. The fraction of sp³-hybridized carbons (Fsp3) is 0.333. The number of hydrogen-bond donors (Lipinski definition) is 0. The van der Waals surface area contributed by atoms with Gasteiger partial charge in [-0.15, -0.1) is 0 Å². The van der Waals surface area contributed by atoms with E-state index >= 15 is 0 Å². The standard InChI is InChI=1S/C15H16F2N4/c1-3-10(2)21-5-4-11(19-21)8-20-9-18-14-6-12(16)13(17)7-15(14)20/h4-7,9-10H,3,8H2,1-2H3. The lowest BCUT2D eigenvalue weighted by Crippen LogP contribution is -2.06. The highest BCUT2D eigenvalue weighted by atomic mass is 19.2. The first-order valence-electron chi connectivity index (χ1n) is 6.92. The van der Waals surface area contributed by atoms with E-state index < -0.39 is 11.6 Å². The normalized spacial score (nSPS) is 13.0. The van der Waals surface area contributed by atoms with Gasteiger partial charge in [0.05, 0.1) is 29.6 Å². The van der Waals surface area contributed by atoms with Crippen LogP contribution in [0.5, 0.6) is 0 Å². The van der Waals surface area contributed by atoms with Gasteiger partial charge in [-0.1, -0.05) is 6.92 Å². The Morgan fingerprint density at radius 3 is 2.76 bits per heavy atom. The van der Waals surface area contributed by atoms with Gasteiger partial charge in [-0.2, -0.15) is 5.10 Å². The summed E-state index contributed by atoms with van der Waals surface area (Å²) in [5.41, 5.74) is 1.86. The van der Waals surface area contributed by atoms with Crippen LogP contribution in [0.1, 0.15) is 32.0 Å². The molecule has 0 saturated carbocycles. The highest BCUT2D eigenvalue weighted by Crippen LogP contribution is 2.18. The van der Waals surface area contributed by atoms with Crippen molar-refractivity contribution in [2.24, 2.45) is 0 Å². The van der Waals surface area contributed by atoms with Gasteiger partial charge in [-0.05, 0) is 19.4 Å². The molecule has 6 heteroatoms. The summed E-state index contributed by atoms with van der Waals surface area (Å²) in [5, 5.41) is 4.50. The van der Waals surface area contributed by atoms with E-state index in [1.165, 1.54) is 6.07 Å². The SMILES string of the molecule is CCC(C)n1ccc(Cn2cnc3cc(F)c(F)cc32)n1. The Morgan fingerprint density at radius 2 is 2.00 bits per heavy atom. The lowest BCUT2D eigenvalue weighted by molar-refractivity contribution is 0.472. The molecular weight excluding hydrogens is 274 g/mol. The van der Waals surface area contributed by atoms with Crippen LogP contribution in [0.15, 0.2) is 30.7 Å². The Kier molecular flexibility index (Phi) is 3.45. The van der Waals surface area contributed by atoms with Gasteiger partial charge in [0.1, 0.15) is 0 Å². The molecule has 0 radical (unpaired) electrons. The molecule has 4 nitrogen and oxygen atoms in total. The summed E-state index contributed by atoms with van der Waals surface area (Å²) in [6.07, 6.45) is 4.51. The van der Waals surface area contributed by atoms with Crippen molar-refractivity contribution in [2.75, 3.05) is 0 Å². The summed E-state index contributed by atoms with van der Waals surface area (Å²) in [6, 6.07) is 4.55. The van der Waals surface area contributed by atoms with E-state index in [9.17, 15) is 8.78 Å². The first kappa shape index (κ1) is 13.7. The topological polar surface area (TPSA) is 35.6 Å². The van der Waals surface area contributed by atoms with Gasteiger partial charge < -0.3 is 4.57 Å². The summed E-state index contributed by atoms with van der Waals surface area (Å²) < 4.78 is 30.2. The van der Waals surface area contributed by atoms with Gasteiger partial charge in [-0.25, -0.2) is 13.8 Å². The summed E-state index contributed by atoms with van der Waals surface area (Å²) in [4.78, 5) is 4.10. The van der Waals surface area contributed by atoms with Crippen LogP contribution >= 0.6 is 0 Å². The predicted octanol–water partition coefficient (Wildman–Crippen LogP) is 3.53. The molecule has 0 bridgehead atoms. The molecule has 0 N–H and O–H groups in total. The fourth-order valence-corrected chi connectivity index (χ4v) is 2.25. The van der Waals surface area contributed by atoms with Crippen LogP contribution in [0.2, 0.25) is 0 Å². The maximum absolute atomic E-state index is 13.4. The summed E-state index contributed by atoms with van der Waals surface area (Å²) >= 11 is 0. The smallest absolute Gasteiger partial charge is 0.161 e. The zero-order chi connectivity index (χ0) is 15.0. The summed E-state index contributed by atoms with van der Waals surface area (Å²) in [6.45, 7) is 4.68. The quantitative estimate of drug-likeness (QED) is 0.737. The van der Waals surface area contributed by atoms with Gasteiger partial charge in [0.2, 0.25) is 0 Å². The van der Waals surface area contributed by atoms with Crippen LogP contribution in [0.3, 0.4) is 0 Å². The minimum Gasteiger partial charge on any atom is -0.324 e. The van der Waals surface area contributed by atoms with Crippen molar-refractivity contribution in [1.82, 2.24) is 19.3 Å². The van der Waals surface area contributed by atoms with E-state index in [0.717, 1.165) is 18.2 Å². The minimum atomic E-state index is -0.881. The van der Waals surface area contributed by atoms with Gasteiger partial charge >= 0.3 is 0 Å². The third-order valence-electron chi connectivity index (χ3n) is 3.70. The Bertz CT molecular complexity index is 775. The molecule has 2 heterocycles. The second-order valence-electron chi connectivity index (χ2n) is 5.17. The number of benzene rings is 1. The molecule has 1 atom stereocenters. The highest BCUT2D eigenvalue weighted by Gasteiger charge is 2.11. The molecule has 110 valence electrons. The maximum atomic E-state index is 13.4. The lowest BCUT2D eigenvalue weighted by Gasteiger charge is -2.08. The van der Waals surface area contributed by atoms with Crippen molar-refractivity contribution in [3.8, 4) is 0 Å². The number of imidazole rings is 1. The van der Waals surface area contributed by atoms with Crippen LogP contribution in [0.4, 0.5) is 8.78 Å². The van der Waals surface area contributed by atoms with E-state index in [1.54, 1.807) is 10.9 Å². The van der Waals surface area contributed by atoms with Crippen LogP contribution in [-0.2, 0) is 6.54 Å². The number of fused-ring (bicyclic) bond motifs is 1. The van der Waals surface area contributed by atoms with E-state index in [4.69, 9.17) is 0 Å². The molecule has 0 spiro atoms. The van der Waals surface area contributed by atoms with Crippen LogP contribution in [0.25, 0.3) is 11.0 Å². The number of aromatic nitrogens is 4. The van der Waals surface area contributed by atoms with Crippen molar-refractivity contribution in [1.29, 1.82) is 0 Å². The number of nitrogens with zero attached hydrogens (tertiary/aromatic N) is 4. The fourth-order valence-electron chi connectivity index (χ4n) is 2.25. The van der Waals surface area contributed by atoms with E-state index in [2.05, 4.69) is 23.9 Å². The van der Waals surface area contributed by atoms with Crippen molar-refractivity contribution in [2.45, 2.75) is 32.9 Å². The maximum Gasteiger partial charge on any atom is 0.161 e. The van der Waals surface area contributed by atoms with Crippen molar-refractivity contribution in [3.05, 3.63) is 48.1 Å². The molecule has 0 aliphatic heterocycles. The second-order valence-corrected chi connectivity index (χ2v) is 5.17. The zero-order valence-electron chi connectivity index (χ0n) is 11.9. The summed E-state index contributed by atoms with van der Waals surface area (Å²) in [7, 11) is 0. The molecule has 1 unspecified atom stereocenters. The van der Waals surface area contributed by atoms with Gasteiger partial charge in [0.25, 0.3) is 0 Å². The van der Waals surface area contributed by atoms with E-state index in [1.807, 2.05) is 16.9 Å². The van der Waals surface area contributed by atoms with Crippen molar-refractivity contribution < 1.29 is 8.78 Å². The second kappa shape index (κ2) is 5.27. The highest BCUT2D eigenvalue weighted by molar-refractivity contribution is 5.75. The van der Waals surface area contributed by atoms with Crippen molar-refractivity contribution in [3.63, 3.8) is 0 Å². The molecule has 3 aromatic rings. The van der Waals surface area contributed by atoms with Crippen LogP contribution in [0, 0.1) is 11.6 Å². The molecule has 21 heavy (non-hydrogen) atoms. The van der Waals surface area contributed by atoms with Crippen molar-refractivity contribution >= 4 is 11.0 Å². The number of hydrogen-bond acceptors (Lipinski definition) is 2. The first-order chi connectivity index (χ1) is 10.1. The predicted molar refractivity (Wildman–Crippen MR) is 76.0 cm³/mol. The third kappa shape index (κ3) is 2.53. The van der Waals surface area contributed by atoms with E-state index in [-0.39, 0.29) is 0 Å². The zero-order valence-corrected chi connectivity index (χ0v) is 11.9. The Morgan fingerprint density at radius 1 is 1.24 bits per heavy atom. The average molecular weight is 290 g/mol. The minimum absolute atomic E-state index is 0.338. The first-order valence-corrected chi connectivity index (χ1v) is 6.92. The Balaban J connectivity index is 1.91. The lowest BCUT2D eigenvalue weighted by atomic mass is 10.3. The number of halogens is 2. The van der Waals surface area contributed by atoms with Gasteiger partial charge in [0, 0.05) is 24.4 Å². The Hall–Kier alpha value is -2.24. The van der Waals surface area contributed by atoms with Crippen LogP contribution < -0.4 is 0 Å². The monoisotopic (exact) mass is 290 g/mol. The third-order valence-corrected chi connectivity index (χ3v) is 3.70. The van der Waals surface area contributed by atoms with E-state index in [0.29, 0.717) is 23.6 Å². The van der Waals surface area contributed by atoms with Crippen LogP contribution in [-0.4, -0.2) is 19.3 Å². The number of rotatable bonds is 4. The summed E-state index contributed by atoms with van der Waals surface area (Å²) in [5.74, 6) is -1.75. The van der Waals surface area contributed by atoms with Gasteiger partial charge in [-0.3, -0.25) is 4.68 Å². The Labute approximate surface area is 121 Å². The van der Waals surface area contributed by atoms with Gasteiger partial charge in [0.15, 0.2) is 11.6 Å². The average Bonchev–Trinajstić information content (AvgIpc) is 3.08. The molecule has 0 saturated heterocycles. The molecule has 3 rings (SSSR count). The molecule has 0 aliphatic carbocycles. The molecule has 0 amide bonds. The molecule has 0 fully saturated rings. The molecule has 1 aromatic carbocycles. The molecule has 2 aromatic heterocycles.